The molecule has 15 heavy (non-hydrogen) atoms. The lowest BCUT2D eigenvalue weighted by Crippen LogP contribution is -2.35. The van der Waals surface area contributed by atoms with Crippen LogP contribution >= 0.6 is 0 Å². The molecule has 1 heterocycles. The molecule has 0 saturated carbocycles. The Balaban J connectivity index is 2.53. The van der Waals surface area contributed by atoms with Gasteiger partial charge in [0.1, 0.15) is 5.76 Å². The topological polar surface area (TPSA) is 77.5 Å². The van der Waals surface area contributed by atoms with Crippen LogP contribution in [0.1, 0.15) is 23.2 Å². The van der Waals surface area contributed by atoms with Gasteiger partial charge < -0.3 is 20.2 Å². The number of amides is 1. The highest BCUT2D eigenvalue weighted by Crippen LogP contribution is 2.06. The molecule has 0 fully saturated rings. The van der Waals surface area contributed by atoms with E-state index in [1.807, 2.05) is 6.92 Å². The van der Waals surface area contributed by atoms with Crippen molar-refractivity contribution in [2.24, 2.45) is 5.73 Å². The lowest BCUT2D eigenvalue weighted by atomic mass is 10.3. The van der Waals surface area contributed by atoms with Crippen LogP contribution in [0.2, 0.25) is 0 Å². The lowest BCUT2D eigenvalue weighted by Gasteiger charge is -2.10. The Morgan fingerprint density at radius 1 is 1.67 bits per heavy atom. The van der Waals surface area contributed by atoms with E-state index in [4.69, 9.17) is 14.9 Å². The minimum Gasteiger partial charge on any atom is -0.455 e. The summed E-state index contributed by atoms with van der Waals surface area (Å²) < 4.78 is 10.1. The highest BCUT2D eigenvalue weighted by atomic mass is 16.5. The van der Waals surface area contributed by atoms with Crippen molar-refractivity contribution in [3.8, 4) is 0 Å². The number of methoxy groups -OCH3 is 1. The first-order chi connectivity index (χ1) is 7.17. The van der Waals surface area contributed by atoms with Gasteiger partial charge in [0, 0.05) is 13.2 Å². The molecule has 1 rings (SSSR count). The number of carbonyl (C=O) groups is 1. The molecule has 0 bridgehead atoms. The molecule has 1 unspecified atom stereocenters. The van der Waals surface area contributed by atoms with Crippen LogP contribution in [0.25, 0.3) is 0 Å². The van der Waals surface area contributed by atoms with E-state index >= 15 is 0 Å². The second kappa shape index (κ2) is 5.53. The maximum absolute atomic E-state index is 11.6. The lowest BCUT2D eigenvalue weighted by molar-refractivity contribution is 0.0876. The van der Waals surface area contributed by atoms with E-state index < -0.39 is 0 Å². The van der Waals surface area contributed by atoms with Gasteiger partial charge in [-0.25, -0.2) is 0 Å². The molecule has 5 heteroatoms. The first kappa shape index (κ1) is 11.7. The number of nitrogens with two attached hydrogens (primary N) is 1. The van der Waals surface area contributed by atoms with Crippen LogP contribution in [0.3, 0.4) is 0 Å². The van der Waals surface area contributed by atoms with E-state index in [9.17, 15) is 4.79 Å². The predicted molar refractivity (Wildman–Crippen MR) is 55.4 cm³/mol. The van der Waals surface area contributed by atoms with Crippen LogP contribution in [0.15, 0.2) is 16.5 Å². The molecule has 1 amide bonds. The molecule has 84 valence electrons. The molecule has 0 saturated heterocycles. The van der Waals surface area contributed by atoms with Crippen molar-refractivity contribution in [1.29, 1.82) is 0 Å². The molecular weight excluding hydrogens is 196 g/mol. The molecule has 0 aromatic carbocycles. The van der Waals surface area contributed by atoms with Crippen molar-refractivity contribution < 1.29 is 13.9 Å². The fourth-order valence-corrected chi connectivity index (χ4v) is 1.20. The zero-order valence-corrected chi connectivity index (χ0v) is 8.95. The summed E-state index contributed by atoms with van der Waals surface area (Å²) in [6.45, 7) is 2.62. The molecule has 3 N–H and O–H groups in total. The Hall–Kier alpha value is -1.33. The van der Waals surface area contributed by atoms with Crippen molar-refractivity contribution in [2.45, 2.75) is 19.5 Å². The molecule has 0 aliphatic carbocycles. The van der Waals surface area contributed by atoms with Crippen molar-refractivity contribution in [3.63, 3.8) is 0 Å². The standard InChI is InChI=1S/C10H16N2O3/c1-7(6-14-2)12-10(13)9-4-3-8(5-11)15-9/h3-4,7H,5-6,11H2,1-2H3,(H,12,13). The third-order valence-corrected chi connectivity index (χ3v) is 1.88. The summed E-state index contributed by atoms with van der Waals surface area (Å²) in [5.74, 6) is 0.622. The van der Waals surface area contributed by atoms with Crippen molar-refractivity contribution >= 4 is 5.91 Å². The molecule has 0 aliphatic rings. The molecule has 5 nitrogen and oxygen atoms in total. The van der Waals surface area contributed by atoms with Crippen molar-refractivity contribution in [1.82, 2.24) is 5.32 Å². The van der Waals surface area contributed by atoms with E-state index in [1.54, 1.807) is 19.2 Å². The summed E-state index contributed by atoms with van der Waals surface area (Å²) in [6, 6.07) is 3.25. The average Bonchev–Trinajstić information content (AvgIpc) is 2.66. The van der Waals surface area contributed by atoms with Crippen LogP contribution in [0, 0.1) is 0 Å². The third kappa shape index (κ3) is 3.38. The second-order valence-corrected chi connectivity index (χ2v) is 3.30. The van der Waals surface area contributed by atoms with Crippen molar-refractivity contribution in [2.75, 3.05) is 13.7 Å². The first-order valence-corrected chi connectivity index (χ1v) is 4.76. The van der Waals surface area contributed by atoms with Crippen molar-refractivity contribution in [3.05, 3.63) is 23.7 Å². The fraction of sp³-hybridized carbons (Fsp3) is 0.500. The zero-order chi connectivity index (χ0) is 11.3. The summed E-state index contributed by atoms with van der Waals surface area (Å²) in [5, 5.41) is 2.74. The van der Waals surface area contributed by atoms with Gasteiger partial charge in [0.15, 0.2) is 5.76 Å². The number of furan rings is 1. The highest BCUT2D eigenvalue weighted by Gasteiger charge is 2.13. The van der Waals surface area contributed by atoms with Crippen LogP contribution in [-0.2, 0) is 11.3 Å². The first-order valence-electron chi connectivity index (χ1n) is 4.76. The Bertz CT molecular complexity index is 322. The molecule has 1 aromatic rings. The summed E-state index contributed by atoms with van der Waals surface area (Å²) in [7, 11) is 1.59. The number of carbonyl (C=O) groups excluding carboxylic acids is 1. The third-order valence-electron chi connectivity index (χ3n) is 1.88. The summed E-state index contributed by atoms with van der Waals surface area (Å²) in [4.78, 5) is 11.6. The number of nitrogens with one attached hydrogen (secondary N) is 1. The normalized spacial score (nSPS) is 12.5. The predicted octanol–water partition coefficient (Wildman–Crippen LogP) is 0.503. The Labute approximate surface area is 88.6 Å². The van der Waals surface area contributed by atoms with E-state index in [1.165, 1.54) is 0 Å². The van der Waals surface area contributed by atoms with E-state index in [0.717, 1.165) is 0 Å². The van der Waals surface area contributed by atoms with E-state index in [-0.39, 0.29) is 17.7 Å². The average molecular weight is 212 g/mol. The number of rotatable bonds is 5. The van der Waals surface area contributed by atoms with Gasteiger partial charge in [0.05, 0.1) is 13.2 Å². The van der Waals surface area contributed by atoms with Crippen LogP contribution in [-0.4, -0.2) is 25.7 Å². The second-order valence-electron chi connectivity index (χ2n) is 3.30. The zero-order valence-electron chi connectivity index (χ0n) is 8.95. The summed E-state index contributed by atoms with van der Waals surface area (Å²) >= 11 is 0. The Morgan fingerprint density at radius 3 is 2.93 bits per heavy atom. The van der Waals surface area contributed by atoms with Crippen LogP contribution in [0.4, 0.5) is 0 Å². The summed E-state index contributed by atoms with van der Waals surface area (Å²) in [6.07, 6.45) is 0. The van der Waals surface area contributed by atoms with Gasteiger partial charge in [-0.3, -0.25) is 4.79 Å². The smallest absolute Gasteiger partial charge is 0.287 e. The van der Waals surface area contributed by atoms with Gasteiger partial charge in [-0.05, 0) is 19.1 Å². The SMILES string of the molecule is COCC(C)NC(=O)c1ccc(CN)o1. The minimum atomic E-state index is -0.251. The fourth-order valence-electron chi connectivity index (χ4n) is 1.20. The van der Waals surface area contributed by atoms with Gasteiger partial charge in [-0.1, -0.05) is 0 Å². The van der Waals surface area contributed by atoms with Crippen LogP contribution < -0.4 is 11.1 Å². The molecule has 1 atom stereocenters. The van der Waals surface area contributed by atoms with Crippen LogP contribution in [0.5, 0.6) is 0 Å². The number of hydrogen-bond acceptors (Lipinski definition) is 4. The maximum Gasteiger partial charge on any atom is 0.287 e. The minimum absolute atomic E-state index is 0.0473. The quantitative estimate of drug-likeness (QED) is 0.745. The molecule has 0 aliphatic heterocycles. The van der Waals surface area contributed by atoms with Gasteiger partial charge in [0.2, 0.25) is 0 Å². The number of hydrogen-bond donors (Lipinski definition) is 2. The maximum atomic E-state index is 11.6. The van der Waals surface area contributed by atoms with Gasteiger partial charge in [-0.2, -0.15) is 0 Å². The molecule has 0 radical (unpaired) electrons. The van der Waals surface area contributed by atoms with Gasteiger partial charge >= 0.3 is 0 Å². The largest absolute Gasteiger partial charge is 0.455 e. The Kier molecular flexibility index (Phi) is 4.33. The highest BCUT2D eigenvalue weighted by molar-refractivity contribution is 5.91. The molecule has 1 aromatic heterocycles. The summed E-state index contributed by atoms with van der Waals surface area (Å²) in [5.41, 5.74) is 5.37. The molecule has 0 spiro atoms. The number of ether oxygens (including phenoxy) is 1. The van der Waals surface area contributed by atoms with Gasteiger partial charge in [0.25, 0.3) is 5.91 Å². The molecular formula is C10H16N2O3. The van der Waals surface area contributed by atoms with E-state index in [2.05, 4.69) is 5.32 Å². The van der Waals surface area contributed by atoms with E-state index in [0.29, 0.717) is 18.9 Å². The Morgan fingerprint density at radius 2 is 2.40 bits per heavy atom. The van der Waals surface area contributed by atoms with Gasteiger partial charge in [-0.15, -0.1) is 0 Å². The monoisotopic (exact) mass is 212 g/mol.